The Morgan fingerprint density at radius 3 is 2.47 bits per heavy atom. The summed E-state index contributed by atoms with van der Waals surface area (Å²) in [7, 11) is 0. The number of anilines is 1. The van der Waals surface area contributed by atoms with Crippen LogP contribution in [0, 0.1) is 11.3 Å². The molecule has 2 N–H and O–H groups in total. The van der Waals surface area contributed by atoms with Gasteiger partial charge < -0.3 is 5.73 Å². The fraction of sp³-hybridized carbons (Fsp3) is 0.294. The van der Waals surface area contributed by atoms with Crippen LogP contribution in [0.2, 0.25) is 0 Å². The first kappa shape index (κ1) is 22.1. The van der Waals surface area contributed by atoms with E-state index in [-0.39, 0.29) is 33.2 Å². The number of nitrogens with two attached hydrogens (primary N) is 1. The molecular formula is C17H11F6N5S2. The number of halogens is 6. The number of nitrogen functional groups attached to an aromatic ring is 1. The zero-order valence-corrected chi connectivity index (χ0v) is 16.4. The van der Waals surface area contributed by atoms with Crippen LogP contribution >= 0.6 is 23.1 Å². The van der Waals surface area contributed by atoms with Crippen LogP contribution in [0.4, 0.5) is 32.2 Å². The lowest BCUT2D eigenvalue weighted by Crippen LogP contribution is -2.33. The second kappa shape index (κ2) is 8.27. The third-order valence-corrected chi connectivity index (χ3v) is 5.74. The molecule has 0 aliphatic heterocycles. The molecule has 30 heavy (non-hydrogen) atoms. The lowest BCUT2D eigenvalue weighted by atomic mass is 9.97. The molecule has 0 amide bonds. The van der Waals surface area contributed by atoms with E-state index in [1.54, 1.807) is 0 Å². The van der Waals surface area contributed by atoms with Gasteiger partial charge in [-0.05, 0) is 28.8 Å². The monoisotopic (exact) mass is 463 g/mol. The summed E-state index contributed by atoms with van der Waals surface area (Å²) in [6, 6.07) is 4.38. The van der Waals surface area contributed by atoms with Gasteiger partial charge in [-0.1, -0.05) is 11.8 Å². The lowest BCUT2D eigenvalue weighted by Gasteiger charge is -2.22. The Hall–Kier alpha value is -2.59. The van der Waals surface area contributed by atoms with Crippen molar-refractivity contribution in [2.24, 2.45) is 0 Å². The van der Waals surface area contributed by atoms with Crippen molar-refractivity contribution in [2.75, 3.05) is 11.5 Å². The third-order valence-electron chi connectivity index (χ3n) is 3.94. The maximum absolute atomic E-state index is 13.1. The molecule has 3 rings (SSSR count). The van der Waals surface area contributed by atoms with Crippen LogP contribution in [-0.4, -0.2) is 33.1 Å². The number of hydrogen-bond acceptors (Lipinski definition) is 7. The van der Waals surface area contributed by atoms with Crippen LogP contribution in [0.1, 0.15) is 22.9 Å². The number of aromatic nitrogens is 3. The van der Waals surface area contributed by atoms with Gasteiger partial charge >= 0.3 is 12.4 Å². The first-order valence-electron chi connectivity index (χ1n) is 8.16. The van der Waals surface area contributed by atoms with Gasteiger partial charge in [0.2, 0.25) is 0 Å². The summed E-state index contributed by atoms with van der Waals surface area (Å²) in [5.41, 5.74) is 5.15. The Labute approximate surface area is 174 Å². The standard InChI is InChI=1S/C17H11F6N5S2/c18-16(19,20)14(17(21,22)23)11-7-30-12-6-26-8(3-10(11)12)1-2-29-15-27-9(5-24)4-13(25)28-15/h3-4,6-7,14H,1-2H2,(H2,25,27,28). The quantitative estimate of drug-likeness (QED) is 0.322. The first-order valence-corrected chi connectivity index (χ1v) is 10.0. The van der Waals surface area contributed by atoms with Crippen LogP contribution in [-0.2, 0) is 6.42 Å². The van der Waals surface area contributed by atoms with Crippen LogP contribution in [0.15, 0.2) is 28.9 Å². The molecule has 3 aromatic rings. The van der Waals surface area contributed by atoms with Gasteiger partial charge in [0.15, 0.2) is 11.1 Å². The Morgan fingerprint density at radius 1 is 1.13 bits per heavy atom. The molecule has 13 heteroatoms. The number of nitrogens with zero attached hydrogens (tertiary/aromatic N) is 4. The minimum atomic E-state index is -5.46. The van der Waals surface area contributed by atoms with Gasteiger partial charge in [-0.2, -0.15) is 31.6 Å². The van der Waals surface area contributed by atoms with E-state index in [0.717, 1.165) is 28.5 Å². The molecule has 0 radical (unpaired) electrons. The smallest absolute Gasteiger partial charge is 0.384 e. The average molecular weight is 463 g/mol. The lowest BCUT2D eigenvalue weighted by molar-refractivity contribution is -0.253. The maximum Gasteiger partial charge on any atom is 0.404 e. The van der Waals surface area contributed by atoms with E-state index in [0.29, 0.717) is 11.4 Å². The van der Waals surface area contributed by atoms with Crippen LogP contribution < -0.4 is 5.73 Å². The van der Waals surface area contributed by atoms with Gasteiger partial charge in [0.25, 0.3) is 0 Å². The zero-order chi connectivity index (χ0) is 22.1. The van der Waals surface area contributed by atoms with E-state index < -0.39 is 23.8 Å². The topological polar surface area (TPSA) is 88.5 Å². The van der Waals surface area contributed by atoms with E-state index in [1.165, 1.54) is 18.3 Å². The van der Waals surface area contributed by atoms with Gasteiger partial charge in [0, 0.05) is 23.7 Å². The summed E-state index contributed by atoms with van der Waals surface area (Å²) < 4.78 is 78.9. The van der Waals surface area contributed by atoms with Crippen molar-refractivity contribution in [3.05, 3.63) is 40.7 Å². The Kier molecular flexibility index (Phi) is 6.09. The molecule has 0 fully saturated rings. The van der Waals surface area contributed by atoms with E-state index in [4.69, 9.17) is 11.0 Å². The van der Waals surface area contributed by atoms with Crippen LogP contribution in [0.3, 0.4) is 0 Å². The van der Waals surface area contributed by atoms with Crippen molar-refractivity contribution >= 4 is 39.0 Å². The number of fused-ring (bicyclic) bond motifs is 1. The van der Waals surface area contributed by atoms with E-state index in [2.05, 4.69) is 15.0 Å². The number of hydrogen-bond donors (Lipinski definition) is 1. The number of alkyl halides is 6. The number of pyridine rings is 1. The van der Waals surface area contributed by atoms with Gasteiger partial charge in [0.1, 0.15) is 17.6 Å². The molecule has 5 nitrogen and oxygen atoms in total. The fourth-order valence-corrected chi connectivity index (χ4v) is 4.47. The van der Waals surface area contributed by atoms with Crippen molar-refractivity contribution in [3.63, 3.8) is 0 Å². The minimum absolute atomic E-state index is 0.0813. The Balaban J connectivity index is 1.83. The van der Waals surface area contributed by atoms with Gasteiger partial charge in [-0.15, -0.1) is 11.3 Å². The SMILES string of the molecule is N#Cc1cc(N)nc(SCCc2cc3c(C(C(F)(F)F)C(F)(F)F)csc3cn2)n1. The molecule has 0 spiro atoms. The second-order valence-electron chi connectivity index (χ2n) is 6.05. The minimum Gasteiger partial charge on any atom is -0.384 e. The molecule has 0 saturated carbocycles. The number of rotatable bonds is 5. The highest BCUT2D eigenvalue weighted by atomic mass is 32.2. The van der Waals surface area contributed by atoms with Crippen LogP contribution in [0.5, 0.6) is 0 Å². The molecule has 158 valence electrons. The first-order chi connectivity index (χ1) is 14.0. The van der Waals surface area contributed by atoms with Crippen molar-refractivity contribution in [1.29, 1.82) is 5.26 Å². The summed E-state index contributed by atoms with van der Waals surface area (Å²) in [5.74, 6) is -3.13. The predicted octanol–water partition coefficient (Wildman–Crippen LogP) is 5.08. The molecule has 0 bridgehead atoms. The van der Waals surface area contributed by atoms with Gasteiger partial charge in [0.05, 0.1) is 4.70 Å². The molecule has 0 aromatic carbocycles. The van der Waals surface area contributed by atoms with Crippen molar-refractivity contribution < 1.29 is 26.3 Å². The van der Waals surface area contributed by atoms with E-state index in [1.807, 2.05) is 6.07 Å². The maximum atomic E-state index is 13.1. The van der Waals surface area contributed by atoms with E-state index in [9.17, 15) is 26.3 Å². The number of aryl methyl sites for hydroxylation is 1. The highest BCUT2D eigenvalue weighted by molar-refractivity contribution is 7.99. The van der Waals surface area contributed by atoms with Crippen LogP contribution in [0.25, 0.3) is 10.1 Å². The average Bonchev–Trinajstić information content (AvgIpc) is 3.01. The molecule has 3 heterocycles. The highest BCUT2D eigenvalue weighted by Crippen LogP contribution is 2.49. The normalized spacial score (nSPS) is 12.5. The fourth-order valence-electron chi connectivity index (χ4n) is 2.71. The summed E-state index contributed by atoms with van der Waals surface area (Å²) in [6.45, 7) is 0. The van der Waals surface area contributed by atoms with Crippen molar-refractivity contribution in [1.82, 2.24) is 15.0 Å². The Morgan fingerprint density at radius 2 is 1.83 bits per heavy atom. The van der Waals surface area contributed by atoms with Gasteiger partial charge in [-0.3, -0.25) is 4.98 Å². The van der Waals surface area contributed by atoms with Gasteiger partial charge in [-0.25, -0.2) is 9.97 Å². The largest absolute Gasteiger partial charge is 0.404 e. The zero-order valence-electron chi connectivity index (χ0n) is 14.8. The van der Waals surface area contributed by atoms with E-state index >= 15 is 0 Å². The summed E-state index contributed by atoms with van der Waals surface area (Å²) in [6.07, 6.45) is -9.43. The molecule has 0 atom stereocenters. The third kappa shape index (κ3) is 4.93. The molecule has 0 saturated heterocycles. The summed E-state index contributed by atoms with van der Waals surface area (Å²) in [4.78, 5) is 12.0. The number of thioether (sulfide) groups is 1. The summed E-state index contributed by atoms with van der Waals surface area (Å²) >= 11 is 1.91. The molecule has 0 aliphatic carbocycles. The predicted molar refractivity (Wildman–Crippen MR) is 100 cm³/mol. The molecular weight excluding hydrogens is 452 g/mol. The molecule has 3 aromatic heterocycles. The summed E-state index contributed by atoms with van der Waals surface area (Å²) in [5, 5.41) is 9.87. The molecule has 0 unspecified atom stereocenters. The second-order valence-corrected chi connectivity index (χ2v) is 8.02. The highest BCUT2D eigenvalue weighted by Gasteiger charge is 2.58. The number of nitriles is 1. The molecule has 0 aliphatic rings. The van der Waals surface area contributed by atoms with Crippen molar-refractivity contribution in [3.8, 4) is 6.07 Å². The van der Waals surface area contributed by atoms with Crippen molar-refractivity contribution in [2.45, 2.75) is 29.8 Å². The Bertz CT molecular complexity index is 1090. The number of thiophene rings is 1.